The molecule has 0 aromatic heterocycles. The molecule has 2 N–H and O–H groups in total. The summed E-state index contributed by atoms with van der Waals surface area (Å²) in [6.45, 7) is 6.77. The first-order chi connectivity index (χ1) is 7.09. The number of hydrogen-bond donors (Lipinski definition) is 1. The van der Waals surface area contributed by atoms with Crippen LogP contribution in [0.2, 0.25) is 0 Å². The average Bonchev–Trinajstić information content (AvgIpc) is 2.18. The van der Waals surface area contributed by atoms with E-state index in [2.05, 4.69) is 45.0 Å². The van der Waals surface area contributed by atoms with Crippen LogP contribution >= 0.6 is 0 Å². The van der Waals surface area contributed by atoms with Gasteiger partial charge in [0.15, 0.2) is 0 Å². The van der Waals surface area contributed by atoms with E-state index in [1.807, 2.05) is 6.07 Å². The second-order valence-electron chi connectivity index (χ2n) is 4.96. The van der Waals surface area contributed by atoms with Crippen LogP contribution in [0, 0.1) is 11.8 Å². The lowest BCUT2D eigenvalue weighted by molar-refractivity contribution is 0.370. The van der Waals surface area contributed by atoms with Crippen LogP contribution in [0.1, 0.15) is 32.8 Å². The quantitative estimate of drug-likeness (QED) is 0.784. The maximum atomic E-state index is 6.20. The molecule has 84 valence electrons. The molecule has 0 amide bonds. The summed E-state index contributed by atoms with van der Waals surface area (Å²) in [6, 6.07) is 10.8. The van der Waals surface area contributed by atoms with Crippen molar-refractivity contribution in [2.75, 3.05) is 0 Å². The first-order valence-electron chi connectivity index (χ1n) is 5.89. The molecule has 0 aliphatic rings. The van der Waals surface area contributed by atoms with Crippen molar-refractivity contribution < 1.29 is 0 Å². The van der Waals surface area contributed by atoms with Gasteiger partial charge in [0.05, 0.1) is 0 Å². The van der Waals surface area contributed by atoms with E-state index in [9.17, 15) is 0 Å². The Morgan fingerprint density at radius 2 is 1.67 bits per heavy atom. The Morgan fingerprint density at radius 1 is 1.07 bits per heavy atom. The third kappa shape index (κ3) is 4.48. The van der Waals surface area contributed by atoms with Gasteiger partial charge in [0.1, 0.15) is 0 Å². The summed E-state index contributed by atoms with van der Waals surface area (Å²) >= 11 is 0. The molecule has 0 aliphatic heterocycles. The van der Waals surface area contributed by atoms with Crippen molar-refractivity contribution in [2.45, 2.75) is 39.7 Å². The molecule has 0 heterocycles. The molecule has 1 rings (SSSR count). The molecular weight excluding hydrogens is 182 g/mol. The highest BCUT2D eigenvalue weighted by molar-refractivity contribution is 5.15. The minimum atomic E-state index is 0.287. The van der Waals surface area contributed by atoms with Gasteiger partial charge < -0.3 is 5.73 Å². The minimum Gasteiger partial charge on any atom is -0.327 e. The highest BCUT2D eigenvalue weighted by atomic mass is 14.6. The topological polar surface area (TPSA) is 26.0 Å². The number of benzene rings is 1. The molecule has 1 aromatic carbocycles. The van der Waals surface area contributed by atoms with Crippen LogP contribution in [0.25, 0.3) is 0 Å². The van der Waals surface area contributed by atoms with E-state index < -0.39 is 0 Å². The van der Waals surface area contributed by atoms with Crippen molar-refractivity contribution in [1.29, 1.82) is 0 Å². The van der Waals surface area contributed by atoms with Crippen LogP contribution in [-0.2, 0) is 6.42 Å². The lowest BCUT2D eigenvalue weighted by Crippen LogP contribution is -2.31. The third-order valence-corrected chi connectivity index (χ3v) is 2.89. The zero-order valence-electron chi connectivity index (χ0n) is 10.1. The Balaban J connectivity index is 2.45. The normalized spacial score (nSPS) is 15.3. The van der Waals surface area contributed by atoms with Crippen LogP contribution < -0.4 is 5.73 Å². The van der Waals surface area contributed by atoms with Gasteiger partial charge in [-0.15, -0.1) is 0 Å². The lowest BCUT2D eigenvalue weighted by atomic mass is 9.89. The summed E-state index contributed by atoms with van der Waals surface area (Å²) in [5.41, 5.74) is 7.55. The monoisotopic (exact) mass is 205 g/mol. The van der Waals surface area contributed by atoms with Gasteiger partial charge in [0.2, 0.25) is 0 Å². The van der Waals surface area contributed by atoms with Crippen molar-refractivity contribution >= 4 is 0 Å². The Kier molecular flexibility index (Phi) is 4.83. The fraction of sp³-hybridized carbons (Fsp3) is 0.571. The second kappa shape index (κ2) is 5.92. The second-order valence-corrected chi connectivity index (χ2v) is 4.96. The summed E-state index contributed by atoms with van der Waals surface area (Å²) in [7, 11) is 0. The molecule has 15 heavy (non-hydrogen) atoms. The predicted molar refractivity (Wildman–Crippen MR) is 66.7 cm³/mol. The highest BCUT2D eigenvalue weighted by Crippen LogP contribution is 2.16. The molecule has 0 saturated carbocycles. The Bertz CT molecular complexity index is 266. The van der Waals surface area contributed by atoms with E-state index in [1.54, 1.807) is 0 Å². The van der Waals surface area contributed by atoms with Crippen molar-refractivity contribution in [3.63, 3.8) is 0 Å². The summed E-state index contributed by atoms with van der Waals surface area (Å²) in [5.74, 6) is 1.34. The van der Waals surface area contributed by atoms with E-state index in [4.69, 9.17) is 5.73 Å². The molecule has 1 heteroatoms. The maximum Gasteiger partial charge on any atom is 0.0105 e. The summed E-state index contributed by atoms with van der Waals surface area (Å²) in [5, 5.41) is 0. The maximum absolute atomic E-state index is 6.20. The summed E-state index contributed by atoms with van der Waals surface area (Å²) in [4.78, 5) is 0. The van der Waals surface area contributed by atoms with Crippen LogP contribution in [0.3, 0.4) is 0 Å². The van der Waals surface area contributed by atoms with Crippen LogP contribution in [0.15, 0.2) is 30.3 Å². The zero-order chi connectivity index (χ0) is 11.3. The van der Waals surface area contributed by atoms with Crippen molar-refractivity contribution in [3.05, 3.63) is 35.9 Å². The van der Waals surface area contributed by atoms with Crippen LogP contribution in [0.4, 0.5) is 0 Å². The Morgan fingerprint density at radius 3 is 2.20 bits per heavy atom. The number of rotatable bonds is 5. The van der Waals surface area contributed by atoms with E-state index in [1.165, 1.54) is 12.0 Å². The van der Waals surface area contributed by atoms with Crippen molar-refractivity contribution in [1.82, 2.24) is 0 Å². The number of nitrogens with two attached hydrogens (primary N) is 1. The minimum absolute atomic E-state index is 0.287. The lowest BCUT2D eigenvalue weighted by Gasteiger charge is -2.21. The highest BCUT2D eigenvalue weighted by Gasteiger charge is 2.14. The number of hydrogen-bond acceptors (Lipinski definition) is 1. The van der Waals surface area contributed by atoms with Gasteiger partial charge in [0.25, 0.3) is 0 Å². The molecule has 2 atom stereocenters. The van der Waals surface area contributed by atoms with Gasteiger partial charge in [-0.05, 0) is 30.2 Å². The smallest absolute Gasteiger partial charge is 0.0105 e. The first-order valence-corrected chi connectivity index (χ1v) is 5.89. The molecule has 0 bridgehead atoms. The van der Waals surface area contributed by atoms with E-state index in [0.29, 0.717) is 5.92 Å². The molecule has 0 saturated heterocycles. The van der Waals surface area contributed by atoms with Crippen molar-refractivity contribution in [3.8, 4) is 0 Å². The first kappa shape index (κ1) is 12.3. The summed E-state index contributed by atoms with van der Waals surface area (Å²) < 4.78 is 0. The molecular formula is C14H23N. The molecule has 1 aromatic rings. The fourth-order valence-corrected chi connectivity index (χ4v) is 2.01. The Labute approximate surface area is 93.7 Å². The molecule has 1 nitrogen and oxygen atoms in total. The van der Waals surface area contributed by atoms with Gasteiger partial charge >= 0.3 is 0 Å². The van der Waals surface area contributed by atoms with Crippen molar-refractivity contribution in [2.24, 2.45) is 17.6 Å². The van der Waals surface area contributed by atoms with Crippen LogP contribution in [0.5, 0.6) is 0 Å². The zero-order valence-corrected chi connectivity index (χ0v) is 10.1. The van der Waals surface area contributed by atoms with Crippen LogP contribution in [-0.4, -0.2) is 6.04 Å². The van der Waals surface area contributed by atoms with Gasteiger partial charge in [-0.1, -0.05) is 51.1 Å². The van der Waals surface area contributed by atoms with Gasteiger partial charge in [-0.25, -0.2) is 0 Å². The van der Waals surface area contributed by atoms with Gasteiger partial charge in [-0.3, -0.25) is 0 Å². The molecule has 0 radical (unpaired) electrons. The average molecular weight is 205 g/mol. The SMILES string of the molecule is CC(C)CC(C)C(N)Cc1ccccc1. The van der Waals surface area contributed by atoms with Gasteiger partial charge in [0, 0.05) is 6.04 Å². The standard InChI is InChI=1S/C14H23N/c1-11(2)9-12(3)14(15)10-13-7-5-4-6-8-13/h4-8,11-12,14H,9-10,15H2,1-3H3. The fourth-order valence-electron chi connectivity index (χ4n) is 2.01. The summed E-state index contributed by atoms with van der Waals surface area (Å²) in [6.07, 6.45) is 2.21. The largest absolute Gasteiger partial charge is 0.327 e. The Hall–Kier alpha value is -0.820. The molecule has 2 unspecified atom stereocenters. The molecule has 0 spiro atoms. The van der Waals surface area contributed by atoms with Gasteiger partial charge in [-0.2, -0.15) is 0 Å². The van der Waals surface area contributed by atoms with E-state index >= 15 is 0 Å². The molecule has 0 aliphatic carbocycles. The van der Waals surface area contributed by atoms with E-state index in [0.717, 1.165) is 12.3 Å². The molecule has 0 fully saturated rings. The predicted octanol–water partition coefficient (Wildman–Crippen LogP) is 3.24. The van der Waals surface area contributed by atoms with E-state index in [-0.39, 0.29) is 6.04 Å². The third-order valence-electron chi connectivity index (χ3n) is 2.89.